The van der Waals surface area contributed by atoms with Crippen molar-refractivity contribution < 1.29 is 0 Å². The zero-order valence-electron chi connectivity index (χ0n) is 13.6. The summed E-state index contributed by atoms with van der Waals surface area (Å²) in [6.07, 6.45) is 0. The number of aryl methyl sites for hydroxylation is 1. The van der Waals surface area contributed by atoms with Gasteiger partial charge in [-0.1, -0.05) is 64.5 Å². The van der Waals surface area contributed by atoms with Crippen molar-refractivity contribution in [1.29, 1.82) is 0 Å². The molecule has 0 fully saturated rings. The van der Waals surface area contributed by atoms with Crippen molar-refractivity contribution in [3.05, 3.63) is 70.3 Å². The summed E-state index contributed by atoms with van der Waals surface area (Å²) in [5.41, 5.74) is 9.86. The Bertz CT molecular complexity index is 1060. The van der Waals surface area contributed by atoms with Gasteiger partial charge in [-0.15, -0.1) is 0 Å². The van der Waals surface area contributed by atoms with Crippen LogP contribution in [0.2, 0.25) is 0 Å². The molecule has 0 saturated carbocycles. The molecule has 0 bridgehead atoms. The number of hydrogen-bond acceptors (Lipinski definition) is 4. The molecule has 0 atom stereocenters. The maximum atomic E-state index is 6.22. The van der Waals surface area contributed by atoms with Crippen molar-refractivity contribution in [2.75, 3.05) is 5.73 Å². The summed E-state index contributed by atoms with van der Waals surface area (Å²) in [4.78, 5) is 9.22. The van der Waals surface area contributed by atoms with E-state index in [1.54, 1.807) is 0 Å². The lowest BCUT2D eigenvalue weighted by atomic mass is 10.2. The van der Waals surface area contributed by atoms with E-state index in [9.17, 15) is 0 Å². The summed E-state index contributed by atoms with van der Waals surface area (Å²) in [5.74, 6) is 1.07. The first-order valence-electron chi connectivity index (χ1n) is 7.93. The number of nitrogens with two attached hydrogens (primary N) is 1. The average Bonchev–Trinajstić information content (AvgIpc) is 2.94. The quantitative estimate of drug-likeness (QED) is 0.566. The minimum absolute atomic E-state index is 0.458. The van der Waals surface area contributed by atoms with Crippen LogP contribution in [0.25, 0.3) is 22.4 Å². The van der Waals surface area contributed by atoms with E-state index in [0.29, 0.717) is 18.2 Å². The first-order chi connectivity index (χ1) is 12.1. The average molecular weight is 394 g/mol. The largest absolute Gasteiger partial charge is 0.383 e. The smallest absolute Gasteiger partial charge is 0.164 e. The van der Waals surface area contributed by atoms with Crippen LogP contribution < -0.4 is 5.73 Å². The maximum absolute atomic E-state index is 6.22. The van der Waals surface area contributed by atoms with Gasteiger partial charge < -0.3 is 5.73 Å². The van der Waals surface area contributed by atoms with Gasteiger partial charge in [-0.25, -0.2) is 14.6 Å². The lowest BCUT2D eigenvalue weighted by Crippen LogP contribution is -2.05. The van der Waals surface area contributed by atoms with Crippen LogP contribution in [0, 0.1) is 6.92 Å². The number of fused-ring (bicyclic) bond motifs is 1. The third kappa shape index (κ3) is 2.89. The number of nitrogen functional groups attached to an aromatic ring is 1. The van der Waals surface area contributed by atoms with Gasteiger partial charge in [-0.3, -0.25) is 0 Å². The summed E-state index contributed by atoms with van der Waals surface area (Å²) in [7, 11) is 0. The molecule has 0 unspecified atom stereocenters. The Labute approximate surface area is 153 Å². The van der Waals surface area contributed by atoms with Crippen molar-refractivity contribution in [3.8, 4) is 11.4 Å². The summed E-state index contributed by atoms with van der Waals surface area (Å²) in [6, 6.07) is 17.9. The normalized spacial score (nSPS) is 11.1. The molecule has 0 aliphatic rings. The van der Waals surface area contributed by atoms with E-state index in [4.69, 9.17) is 10.7 Å². The highest BCUT2D eigenvalue weighted by Crippen LogP contribution is 2.27. The molecule has 2 aromatic heterocycles. The third-order valence-corrected chi connectivity index (χ3v) is 4.88. The van der Waals surface area contributed by atoms with E-state index in [1.807, 2.05) is 60.1 Å². The molecule has 0 aliphatic carbocycles. The second-order valence-electron chi connectivity index (χ2n) is 5.83. The predicted molar refractivity (Wildman–Crippen MR) is 103 cm³/mol. The van der Waals surface area contributed by atoms with Gasteiger partial charge >= 0.3 is 0 Å². The van der Waals surface area contributed by atoms with Gasteiger partial charge in [-0.2, -0.15) is 5.10 Å². The van der Waals surface area contributed by atoms with Gasteiger partial charge in [0.1, 0.15) is 5.82 Å². The van der Waals surface area contributed by atoms with Crippen molar-refractivity contribution in [2.24, 2.45) is 0 Å². The molecule has 25 heavy (non-hydrogen) atoms. The van der Waals surface area contributed by atoms with E-state index < -0.39 is 0 Å². The number of rotatable bonds is 3. The molecule has 0 saturated heterocycles. The molecule has 0 amide bonds. The first kappa shape index (κ1) is 15.8. The zero-order chi connectivity index (χ0) is 17.4. The molecular formula is C19H16BrN5. The van der Waals surface area contributed by atoms with Gasteiger partial charge in [-0.05, 0) is 18.6 Å². The van der Waals surface area contributed by atoms with E-state index in [0.717, 1.165) is 32.3 Å². The van der Waals surface area contributed by atoms with Gasteiger partial charge in [0.25, 0.3) is 0 Å². The number of anilines is 1. The minimum Gasteiger partial charge on any atom is -0.383 e. The first-order valence-corrected chi connectivity index (χ1v) is 8.72. The van der Waals surface area contributed by atoms with Crippen LogP contribution in [0.1, 0.15) is 11.3 Å². The third-order valence-electron chi connectivity index (χ3n) is 4.10. The van der Waals surface area contributed by atoms with Crippen molar-refractivity contribution >= 4 is 32.8 Å². The van der Waals surface area contributed by atoms with Crippen LogP contribution in [0.4, 0.5) is 5.82 Å². The minimum atomic E-state index is 0.458. The Morgan fingerprint density at radius 2 is 1.72 bits per heavy atom. The molecule has 5 nitrogen and oxygen atoms in total. The number of nitrogens with zero attached hydrogens (tertiary/aromatic N) is 4. The Morgan fingerprint density at radius 3 is 2.48 bits per heavy atom. The molecule has 124 valence electrons. The molecule has 2 aromatic carbocycles. The van der Waals surface area contributed by atoms with Crippen LogP contribution in [0.15, 0.2) is 59.1 Å². The van der Waals surface area contributed by atoms with E-state index >= 15 is 0 Å². The molecule has 6 heteroatoms. The van der Waals surface area contributed by atoms with Gasteiger partial charge in [0.05, 0.1) is 17.6 Å². The molecule has 2 N–H and O–H groups in total. The Balaban J connectivity index is 1.88. The summed E-state index contributed by atoms with van der Waals surface area (Å²) >= 11 is 3.59. The molecule has 4 aromatic rings. The maximum Gasteiger partial charge on any atom is 0.164 e. The molecule has 0 radical (unpaired) electrons. The van der Waals surface area contributed by atoms with Crippen LogP contribution in [-0.2, 0) is 6.54 Å². The van der Waals surface area contributed by atoms with Crippen molar-refractivity contribution in [1.82, 2.24) is 19.7 Å². The number of aromatic nitrogens is 4. The fourth-order valence-corrected chi connectivity index (χ4v) is 3.30. The number of hydrogen-bond donors (Lipinski definition) is 1. The molecule has 2 heterocycles. The van der Waals surface area contributed by atoms with Crippen molar-refractivity contribution in [2.45, 2.75) is 13.5 Å². The van der Waals surface area contributed by atoms with E-state index in [2.05, 4.69) is 32.1 Å². The molecule has 4 rings (SSSR count). The van der Waals surface area contributed by atoms with Gasteiger partial charge in [0.15, 0.2) is 11.5 Å². The van der Waals surface area contributed by atoms with Crippen LogP contribution in [-0.4, -0.2) is 19.7 Å². The topological polar surface area (TPSA) is 69.6 Å². The van der Waals surface area contributed by atoms with E-state index in [-0.39, 0.29) is 0 Å². The molecule has 0 aliphatic heterocycles. The zero-order valence-corrected chi connectivity index (χ0v) is 15.2. The Hall–Kier alpha value is -2.73. The Morgan fingerprint density at radius 1 is 1.00 bits per heavy atom. The number of benzene rings is 2. The van der Waals surface area contributed by atoms with Crippen LogP contribution in [0.5, 0.6) is 0 Å². The highest BCUT2D eigenvalue weighted by molar-refractivity contribution is 9.10. The van der Waals surface area contributed by atoms with Crippen molar-refractivity contribution in [3.63, 3.8) is 0 Å². The second-order valence-corrected chi connectivity index (χ2v) is 6.69. The summed E-state index contributed by atoms with van der Waals surface area (Å²) < 4.78 is 2.93. The fraction of sp³-hybridized carbons (Fsp3) is 0.105. The highest BCUT2D eigenvalue weighted by atomic mass is 79.9. The fourth-order valence-electron chi connectivity index (χ4n) is 2.89. The number of halogens is 1. The van der Waals surface area contributed by atoms with Gasteiger partial charge in [0.2, 0.25) is 0 Å². The SMILES string of the molecule is Cc1nn(Cc2ccccc2Br)c2nc(-c3ccccc3)nc(N)c12. The van der Waals surface area contributed by atoms with Crippen LogP contribution >= 0.6 is 15.9 Å². The second kappa shape index (κ2) is 6.29. The van der Waals surface area contributed by atoms with Crippen LogP contribution in [0.3, 0.4) is 0 Å². The van der Waals surface area contributed by atoms with Gasteiger partial charge in [0, 0.05) is 10.0 Å². The lowest BCUT2D eigenvalue weighted by Gasteiger charge is -2.07. The monoisotopic (exact) mass is 393 g/mol. The molecular weight excluding hydrogens is 378 g/mol. The summed E-state index contributed by atoms with van der Waals surface area (Å²) in [6.45, 7) is 2.54. The predicted octanol–water partition coefficient (Wildman–Crippen LogP) is 4.19. The Kier molecular flexibility index (Phi) is 3.97. The summed E-state index contributed by atoms with van der Waals surface area (Å²) in [5, 5.41) is 5.45. The van der Waals surface area contributed by atoms with E-state index in [1.165, 1.54) is 0 Å². The lowest BCUT2D eigenvalue weighted by molar-refractivity contribution is 0.694. The standard InChI is InChI=1S/C19H16BrN5/c1-12-16-17(21)22-18(13-7-3-2-4-8-13)23-19(16)25(24-12)11-14-9-5-6-10-15(14)20/h2-10H,11H2,1H3,(H2,21,22,23). The molecule has 0 spiro atoms. The highest BCUT2D eigenvalue weighted by Gasteiger charge is 2.16.